The van der Waals surface area contributed by atoms with Crippen molar-refractivity contribution in [3.8, 4) is 5.75 Å². The summed E-state index contributed by atoms with van der Waals surface area (Å²) in [6.45, 7) is 8.96. The Morgan fingerprint density at radius 1 is 0.976 bits per heavy atom. The first kappa shape index (κ1) is 29.4. The Bertz CT molecular complexity index is 1570. The van der Waals surface area contributed by atoms with Crippen molar-refractivity contribution in [1.82, 2.24) is 18.9 Å². The number of hydrogen-bond acceptors (Lipinski definition) is 6. The summed E-state index contributed by atoms with van der Waals surface area (Å²) in [4.78, 5) is 55.7. The number of imidazole rings is 1. The number of fused-ring (bicyclic) bond motifs is 1. The van der Waals surface area contributed by atoms with Crippen molar-refractivity contribution < 1.29 is 23.9 Å². The summed E-state index contributed by atoms with van der Waals surface area (Å²) in [5.74, 6) is 0.323. The van der Waals surface area contributed by atoms with Gasteiger partial charge in [-0.3, -0.25) is 23.6 Å². The first-order valence-electron chi connectivity index (χ1n) is 14.5. The van der Waals surface area contributed by atoms with Gasteiger partial charge in [0.1, 0.15) is 17.4 Å². The molecule has 10 nitrogen and oxygen atoms in total. The summed E-state index contributed by atoms with van der Waals surface area (Å²) in [5.41, 5.74) is 3.61. The molecule has 1 aromatic heterocycles. The zero-order valence-electron chi connectivity index (χ0n) is 25.3. The number of aromatic nitrogens is 2. The van der Waals surface area contributed by atoms with E-state index in [0.717, 1.165) is 35.0 Å². The van der Waals surface area contributed by atoms with Gasteiger partial charge in [0, 0.05) is 26.6 Å². The number of rotatable bonds is 5. The standard InChI is InChI=1S/C32H40N4O6/c1-20-24(22-15-17-34(18-16-22)31(40)42-32(2,3)4)11-12-25-28(20)33(5)30(39)36(25)26-13-14-27(37)35(29(26)38)19-21-7-9-23(41-6)10-8-21/h7-12,22,26H,13-19H2,1-6H3. The maximum Gasteiger partial charge on any atom is 0.410 e. The van der Waals surface area contributed by atoms with Crippen LogP contribution in [0.5, 0.6) is 5.75 Å². The summed E-state index contributed by atoms with van der Waals surface area (Å²) in [6.07, 6.45) is 1.76. The highest BCUT2D eigenvalue weighted by Gasteiger charge is 2.38. The van der Waals surface area contributed by atoms with E-state index in [-0.39, 0.29) is 48.9 Å². The molecular weight excluding hydrogens is 536 g/mol. The van der Waals surface area contributed by atoms with Crippen LogP contribution in [-0.4, -0.2) is 62.6 Å². The molecule has 1 atom stereocenters. The maximum absolute atomic E-state index is 13.7. The van der Waals surface area contributed by atoms with Gasteiger partial charge in [0.05, 0.1) is 24.7 Å². The molecule has 2 aromatic carbocycles. The van der Waals surface area contributed by atoms with Gasteiger partial charge >= 0.3 is 11.8 Å². The fourth-order valence-electron chi connectivity index (χ4n) is 6.26. The minimum absolute atomic E-state index is 0.142. The Balaban J connectivity index is 1.39. The van der Waals surface area contributed by atoms with Crippen LogP contribution in [0.15, 0.2) is 41.2 Å². The number of hydrogen-bond donors (Lipinski definition) is 0. The van der Waals surface area contributed by atoms with Gasteiger partial charge in [0.15, 0.2) is 0 Å². The van der Waals surface area contributed by atoms with E-state index in [1.165, 1.54) is 4.90 Å². The van der Waals surface area contributed by atoms with E-state index in [0.29, 0.717) is 24.4 Å². The van der Waals surface area contributed by atoms with Crippen molar-refractivity contribution in [2.45, 2.75) is 77.5 Å². The Morgan fingerprint density at radius 3 is 2.26 bits per heavy atom. The number of ether oxygens (including phenoxy) is 2. The fourth-order valence-corrected chi connectivity index (χ4v) is 6.26. The molecule has 2 saturated heterocycles. The average molecular weight is 577 g/mol. The number of benzene rings is 2. The summed E-state index contributed by atoms with van der Waals surface area (Å²) < 4.78 is 13.9. The van der Waals surface area contributed by atoms with Crippen molar-refractivity contribution in [2.75, 3.05) is 20.2 Å². The summed E-state index contributed by atoms with van der Waals surface area (Å²) >= 11 is 0. The number of amides is 3. The van der Waals surface area contributed by atoms with Crippen LogP contribution in [0.2, 0.25) is 0 Å². The van der Waals surface area contributed by atoms with Crippen molar-refractivity contribution in [3.63, 3.8) is 0 Å². The molecule has 2 aliphatic rings. The molecule has 0 N–H and O–H groups in total. The number of likely N-dealkylation sites (tertiary alicyclic amines) is 2. The molecule has 1 unspecified atom stereocenters. The summed E-state index contributed by atoms with van der Waals surface area (Å²) in [6, 6.07) is 10.5. The lowest BCUT2D eigenvalue weighted by molar-refractivity contribution is -0.151. The van der Waals surface area contributed by atoms with Gasteiger partial charge in [-0.15, -0.1) is 0 Å². The van der Waals surface area contributed by atoms with E-state index < -0.39 is 11.6 Å². The van der Waals surface area contributed by atoms with Gasteiger partial charge < -0.3 is 14.4 Å². The van der Waals surface area contributed by atoms with Crippen LogP contribution in [0.25, 0.3) is 11.0 Å². The quantitative estimate of drug-likeness (QED) is 0.410. The van der Waals surface area contributed by atoms with Crippen LogP contribution in [0.4, 0.5) is 4.79 Å². The lowest BCUT2D eigenvalue weighted by Crippen LogP contribution is -2.47. The number of nitrogens with zero attached hydrogens (tertiary/aromatic N) is 4. The fraction of sp³-hybridized carbons (Fsp3) is 0.500. The number of aryl methyl sites for hydroxylation is 2. The van der Waals surface area contributed by atoms with Gasteiger partial charge in [-0.2, -0.15) is 0 Å². The van der Waals surface area contributed by atoms with Crippen LogP contribution in [-0.2, 0) is 27.9 Å². The Kier molecular flexibility index (Phi) is 7.92. The molecule has 0 bridgehead atoms. The molecule has 3 amide bonds. The second kappa shape index (κ2) is 11.3. The third-order valence-corrected chi connectivity index (χ3v) is 8.42. The zero-order chi connectivity index (χ0) is 30.3. The smallest absolute Gasteiger partial charge is 0.410 e. The number of imide groups is 1. The third-order valence-electron chi connectivity index (χ3n) is 8.42. The molecule has 0 radical (unpaired) electrons. The van der Waals surface area contributed by atoms with Crippen molar-refractivity contribution >= 4 is 28.9 Å². The van der Waals surface area contributed by atoms with E-state index in [4.69, 9.17) is 9.47 Å². The molecule has 2 fully saturated rings. The van der Waals surface area contributed by atoms with Crippen molar-refractivity contribution in [1.29, 1.82) is 0 Å². The molecule has 224 valence electrons. The number of piperidine rings is 2. The van der Waals surface area contributed by atoms with Crippen LogP contribution >= 0.6 is 0 Å². The third kappa shape index (κ3) is 5.54. The van der Waals surface area contributed by atoms with E-state index >= 15 is 0 Å². The highest BCUT2D eigenvalue weighted by atomic mass is 16.6. The first-order valence-corrected chi connectivity index (χ1v) is 14.5. The summed E-state index contributed by atoms with van der Waals surface area (Å²) in [5, 5.41) is 0. The van der Waals surface area contributed by atoms with Gasteiger partial charge in [-0.1, -0.05) is 18.2 Å². The Labute approximate surface area is 245 Å². The zero-order valence-corrected chi connectivity index (χ0v) is 25.3. The van der Waals surface area contributed by atoms with E-state index in [1.54, 1.807) is 40.3 Å². The number of carbonyl (C=O) groups excluding carboxylic acids is 3. The molecule has 0 spiro atoms. The second-order valence-electron chi connectivity index (χ2n) is 12.3. The van der Waals surface area contributed by atoms with Gasteiger partial charge in [-0.25, -0.2) is 9.59 Å². The Morgan fingerprint density at radius 2 is 1.64 bits per heavy atom. The molecule has 0 aliphatic carbocycles. The van der Waals surface area contributed by atoms with Gasteiger partial charge in [0.25, 0.3) is 5.91 Å². The summed E-state index contributed by atoms with van der Waals surface area (Å²) in [7, 11) is 3.32. The molecule has 0 saturated carbocycles. The van der Waals surface area contributed by atoms with Crippen molar-refractivity contribution in [2.24, 2.45) is 7.05 Å². The molecule has 42 heavy (non-hydrogen) atoms. The SMILES string of the molecule is COc1ccc(CN2C(=O)CCC(n3c(=O)n(C)c4c(C)c(C5CCN(C(=O)OC(C)(C)C)CC5)ccc43)C2=O)cc1. The van der Waals surface area contributed by atoms with Gasteiger partial charge in [-0.05, 0) is 87.8 Å². The predicted molar refractivity (Wildman–Crippen MR) is 159 cm³/mol. The average Bonchev–Trinajstić information content (AvgIpc) is 3.21. The molecule has 10 heteroatoms. The largest absolute Gasteiger partial charge is 0.497 e. The molecule has 5 rings (SSSR count). The predicted octanol–water partition coefficient (Wildman–Crippen LogP) is 4.66. The number of carbonyl (C=O) groups is 3. The minimum Gasteiger partial charge on any atom is -0.497 e. The topological polar surface area (TPSA) is 103 Å². The van der Waals surface area contributed by atoms with E-state index in [9.17, 15) is 19.2 Å². The van der Waals surface area contributed by atoms with Crippen LogP contribution in [0.3, 0.4) is 0 Å². The molecular formula is C32H40N4O6. The molecule has 3 heterocycles. The van der Waals surface area contributed by atoms with E-state index in [2.05, 4.69) is 6.07 Å². The monoisotopic (exact) mass is 576 g/mol. The Hall–Kier alpha value is -4.08. The highest BCUT2D eigenvalue weighted by molar-refractivity contribution is 6.00. The maximum atomic E-state index is 13.7. The van der Waals surface area contributed by atoms with Crippen LogP contribution < -0.4 is 10.4 Å². The van der Waals surface area contributed by atoms with Crippen LogP contribution in [0, 0.1) is 6.92 Å². The normalized spacial score (nSPS) is 18.6. The van der Waals surface area contributed by atoms with Crippen molar-refractivity contribution in [3.05, 3.63) is 63.6 Å². The lowest BCUT2D eigenvalue weighted by atomic mass is 9.86. The number of methoxy groups -OCH3 is 1. The molecule has 2 aliphatic heterocycles. The highest BCUT2D eigenvalue weighted by Crippen LogP contribution is 2.35. The van der Waals surface area contributed by atoms with E-state index in [1.807, 2.05) is 45.9 Å². The van der Waals surface area contributed by atoms with Crippen LogP contribution in [0.1, 0.15) is 75.1 Å². The molecule has 3 aromatic rings. The lowest BCUT2D eigenvalue weighted by Gasteiger charge is -2.34. The first-order chi connectivity index (χ1) is 19.9. The second-order valence-corrected chi connectivity index (χ2v) is 12.3. The minimum atomic E-state index is -0.764. The van der Waals surface area contributed by atoms with Gasteiger partial charge in [0.2, 0.25) is 5.91 Å².